The molecule has 54 valence electrons. The predicted octanol–water partition coefficient (Wildman–Crippen LogP) is 3.06. The normalized spacial score (nSPS) is 31.2. The van der Waals surface area contributed by atoms with Crippen molar-refractivity contribution >= 4 is 0 Å². The van der Waals surface area contributed by atoms with Crippen molar-refractivity contribution in [3.05, 3.63) is 23.8 Å². The summed E-state index contributed by atoms with van der Waals surface area (Å²) < 4.78 is 0. The van der Waals surface area contributed by atoms with Gasteiger partial charge in [-0.15, -0.1) is 0 Å². The van der Waals surface area contributed by atoms with E-state index in [1.807, 2.05) is 0 Å². The minimum atomic E-state index is 0.929. The van der Waals surface area contributed by atoms with Gasteiger partial charge in [-0.3, -0.25) is 0 Å². The van der Waals surface area contributed by atoms with E-state index in [0.29, 0.717) is 0 Å². The highest BCUT2D eigenvalue weighted by molar-refractivity contribution is 5.18. The summed E-state index contributed by atoms with van der Waals surface area (Å²) in [6.07, 6.45) is 13.8. The van der Waals surface area contributed by atoms with E-state index in [-0.39, 0.29) is 0 Å². The number of rotatable bonds is 1. The highest BCUT2D eigenvalue weighted by atomic mass is 14.2. The first-order valence-corrected chi connectivity index (χ1v) is 4.31. The van der Waals surface area contributed by atoms with Crippen molar-refractivity contribution in [1.29, 1.82) is 0 Å². The Morgan fingerprint density at radius 3 is 2.60 bits per heavy atom. The lowest BCUT2D eigenvalue weighted by Gasteiger charge is -2.25. The lowest BCUT2D eigenvalue weighted by Crippen LogP contribution is -2.10. The quantitative estimate of drug-likeness (QED) is 0.483. The third-order valence-corrected chi connectivity index (χ3v) is 2.63. The van der Waals surface area contributed by atoms with Crippen molar-refractivity contribution < 1.29 is 0 Å². The van der Waals surface area contributed by atoms with Crippen molar-refractivity contribution in [3.8, 4) is 0 Å². The first kappa shape index (κ1) is 6.21. The Morgan fingerprint density at radius 1 is 1.20 bits per heavy atom. The molecule has 0 aromatic heterocycles. The molecule has 0 amide bonds. The van der Waals surface area contributed by atoms with Gasteiger partial charge in [0.1, 0.15) is 0 Å². The molecule has 0 saturated heterocycles. The van der Waals surface area contributed by atoms with Crippen LogP contribution in [0.4, 0.5) is 0 Å². The fourth-order valence-electron chi connectivity index (χ4n) is 1.81. The maximum atomic E-state index is 2.42. The molecular formula is C10H14. The van der Waals surface area contributed by atoms with E-state index in [1.54, 1.807) is 5.57 Å². The second-order valence-electron chi connectivity index (χ2n) is 3.30. The number of allylic oxidation sites excluding steroid dienone is 4. The third kappa shape index (κ3) is 1.03. The van der Waals surface area contributed by atoms with Crippen molar-refractivity contribution in [2.75, 3.05) is 0 Å². The average Bonchev–Trinajstić information content (AvgIpc) is 1.86. The Hall–Kier alpha value is -0.520. The highest BCUT2D eigenvalue weighted by Gasteiger charge is 2.17. The van der Waals surface area contributed by atoms with Crippen LogP contribution in [0.15, 0.2) is 23.8 Å². The van der Waals surface area contributed by atoms with Crippen LogP contribution in [0, 0.1) is 5.92 Å². The summed E-state index contributed by atoms with van der Waals surface area (Å²) in [7, 11) is 0. The molecule has 2 aliphatic carbocycles. The van der Waals surface area contributed by atoms with Crippen LogP contribution in [-0.2, 0) is 0 Å². The fraction of sp³-hybridized carbons (Fsp3) is 0.600. The molecule has 0 saturated carbocycles. The smallest absolute Gasteiger partial charge is 0.0166 e. The second kappa shape index (κ2) is 2.61. The van der Waals surface area contributed by atoms with Crippen LogP contribution in [0.5, 0.6) is 0 Å². The van der Waals surface area contributed by atoms with Crippen LogP contribution in [-0.4, -0.2) is 0 Å². The molecule has 0 radical (unpaired) electrons. The SMILES string of the molecule is C1=CCC(C2=CCC2)CC1. The lowest BCUT2D eigenvalue weighted by atomic mass is 9.80. The molecule has 2 rings (SSSR count). The Morgan fingerprint density at radius 2 is 2.10 bits per heavy atom. The maximum Gasteiger partial charge on any atom is -0.0166 e. The van der Waals surface area contributed by atoms with Gasteiger partial charge in [-0.1, -0.05) is 23.8 Å². The van der Waals surface area contributed by atoms with Crippen LogP contribution >= 0.6 is 0 Å². The Balaban J connectivity index is 1.98. The van der Waals surface area contributed by atoms with Crippen molar-refractivity contribution in [1.82, 2.24) is 0 Å². The van der Waals surface area contributed by atoms with Gasteiger partial charge in [0, 0.05) is 0 Å². The van der Waals surface area contributed by atoms with Crippen LogP contribution < -0.4 is 0 Å². The molecule has 0 N–H and O–H groups in total. The largest absolute Gasteiger partial charge is 0.0885 e. The molecule has 0 fully saturated rings. The molecule has 1 unspecified atom stereocenters. The maximum absolute atomic E-state index is 2.42. The molecule has 0 aliphatic heterocycles. The van der Waals surface area contributed by atoms with Crippen molar-refractivity contribution in [3.63, 3.8) is 0 Å². The van der Waals surface area contributed by atoms with Gasteiger partial charge in [0.15, 0.2) is 0 Å². The summed E-state index contributed by atoms with van der Waals surface area (Å²) in [5.41, 5.74) is 1.74. The van der Waals surface area contributed by atoms with E-state index in [0.717, 1.165) is 5.92 Å². The number of hydrogen-bond acceptors (Lipinski definition) is 0. The summed E-state index contributed by atoms with van der Waals surface area (Å²) in [5.74, 6) is 0.929. The first-order chi connectivity index (χ1) is 4.97. The topological polar surface area (TPSA) is 0 Å². The van der Waals surface area contributed by atoms with Crippen LogP contribution in [0.3, 0.4) is 0 Å². The van der Waals surface area contributed by atoms with E-state index in [4.69, 9.17) is 0 Å². The minimum Gasteiger partial charge on any atom is -0.0885 e. The molecule has 0 aromatic rings. The predicted molar refractivity (Wildman–Crippen MR) is 43.8 cm³/mol. The zero-order chi connectivity index (χ0) is 6.81. The molecule has 10 heavy (non-hydrogen) atoms. The van der Waals surface area contributed by atoms with E-state index < -0.39 is 0 Å². The van der Waals surface area contributed by atoms with E-state index in [1.165, 1.54) is 32.1 Å². The standard InChI is InChI=1S/C10H14/c1-2-5-9(6-3-1)10-7-4-8-10/h1-2,7,9H,3-6,8H2. The summed E-state index contributed by atoms with van der Waals surface area (Å²) in [6, 6.07) is 0. The van der Waals surface area contributed by atoms with Gasteiger partial charge in [0.05, 0.1) is 0 Å². The van der Waals surface area contributed by atoms with Gasteiger partial charge >= 0.3 is 0 Å². The average molecular weight is 134 g/mol. The molecule has 0 nitrogen and oxygen atoms in total. The van der Waals surface area contributed by atoms with Crippen molar-refractivity contribution in [2.24, 2.45) is 5.92 Å². The summed E-state index contributed by atoms with van der Waals surface area (Å²) in [5, 5.41) is 0. The van der Waals surface area contributed by atoms with Gasteiger partial charge in [0.25, 0.3) is 0 Å². The summed E-state index contributed by atoms with van der Waals surface area (Å²) in [4.78, 5) is 0. The van der Waals surface area contributed by atoms with Gasteiger partial charge in [0.2, 0.25) is 0 Å². The second-order valence-corrected chi connectivity index (χ2v) is 3.30. The van der Waals surface area contributed by atoms with Crippen LogP contribution in [0.1, 0.15) is 32.1 Å². The first-order valence-electron chi connectivity index (χ1n) is 4.31. The molecule has 0 spiro atoms. The lowest BCUT2D eigenvalue weighted by molar-refractivity contribution is 0.513. The number of hydrogen-bond donors (Lipinski definition) is 0. The zero-order valence-corrected chi connectivity index (χ0v) is 6.34. The monoisotopic (exact) mass is 134 g/mol. The molecular weight excluding hydrogens is 120 g/mol. The molecule has 0 bridgehead atoms. The Kier molecular flexibility index (Phi) is 1.62. The van der Waals surface area contributed by atoms with E-state index >= 15 is 0 Å². The summed E-state index contributed by atoms with van der Waals surface area (Å²) >= 11 is 0. The van der Waals surface area contributed by atoms with Gasteiger partial charge in [-0.05, 0) is 38.0 Å². The molecule has 0 heterocycles. The molecule has 1 atom stereocenters. The van der Waals surface area contributed by atoms with Crippen LogP contribution in [0.25, 0.3) is 0 Å². The van der Waals surface area contributed by atoms with Gasteiger partial charge in [-0.2, -0.15) is 0 Å². The Labute approximate surface area is 62.6 Å². The third-order valence-electron chi connectivity index (χ3n) is 2.63. The Bertz CT molecular complexity index is 174. The summed E-state index contributed by atoms with van der Waals surface area (Å²) in [6.45, 7) is 0. The fourth-order valence-corrected chi connectivity index (χ4v) is 1.81. The van der Waals surface area contributed by atoms with Gasteiger partial charge < -0.3 is 0 Å². The van der Waals surface area contributed by atoms with Gasteiger partial charge in [-0.25, -0.2) is 0 Å². The van der Waals surface area contributed by atoms with E-state index in [2.05, 4.69) is 18.2 Å². The van der Waals surface area contributed by atoms with Crippen LogP contribution in [0.2, 0.25) is 0 Å². The van der Waals surface area contributed by atoms with E-state index in [9.17, 15) is 0 Å². The molecule has 0 heteroatoms. The zero-order valence-electron chi connectivity index (χ0n) is 6.34. The minimum absolute atomic E-state index is 0.929. The highest BCUT2D eigenvalue weighted by Crippen LogP contribution is 2.33. The molecule has 2 aliphatic rings. The molecule has 0 aromatic carbocycles. The van der Waals surface area contributed by atoms with Crippen molar-refractivity contribution in [2.45, 2.75) is 32.1 Å².